The van der Waals surface area contributed by atoms with Gasteiger partial charge in [0.15, 0.2) is 0 Å². The molecule has 2 heteroatoms. The molecule has 3 rings (SSSR count). The number of benzene rings is 3. The standard InChI is InChI=1S/C19H17BrO/c1-12-7-9-17(16-6-4-3-5-15(12)16)19(21)14-8-10-18(20)13(2)11-14/h3-11,19,21H,1-2H3. The van der Waals surface area contributed by atoms with Crippen molar-refractivity contribution in [3.05, 3.63) is 81.3 Å². The molecule has 0 spiro atoms. The number of aryl methyl sites for hydroxylation is 2. The zero-order chi connectivity index (χ0) is 15.0. The Kier molecular flexibility index (Phi) is 3.83. The summed E-state index contributed by atoms with van der Waals surface area (Å²) in [5, 5.41) is 13.1. The molecule has 3 aromatic rings. The molecule has 1 N–H and O–H groups in total. The average molecular weight is 341 g/mol. The molecule has 106 valence electrons. The zero-order valence-electron chi connectivity index (χ0n) is 12.1. The van der Waals surface area contributed by atoms with E-state index in [1.54, 1.807) is 0 Å². The van der Waals surface area contributed by atoms with E-state index in [0.717, 1.165) is 26.5 Å². The van der Waals surface area contributed by atoms with Crippen LogP contribution in [0.15, 0.2) is 59.1 Å². The minimum Gasteiger partial charge on any atom is -0.384 e. The fraction of sp³-hybridized carbons (Fsp3) is 0.158. The van der Waals surface area contributed by atoms with Crippen molar-refractivity contribution in [3.63, 3.8) is 0 Å². The molecule has 0 aromatic heterocycles. The number of rotatable bonds is 2. The highest BCUT2D eigenvalue weighted by Crippen LogP contribution is 2.32. The molecule has 0 saturated heterocycles. The Morgan fingerprint density at radius 1 is 0.857 bits per heavy atom. The van der Waals surface area contributed by atoms with Crippen LogP contribution in [0.1, 0.15) is 28.4 Å². The van der Waals surface area contributed by atoms with E-state index in [1.165, 1.54) is 10.9 Å². The van der Waals surface area contributed by atoms with Crippen LogP contribution in [0.5, 0.6) is 0 Å². The highest BCUT2D eigenvalue weighted by Gasteiger charge is 2.14. The van der Waals surface area contributed by atoms with Crippen molar-refractivity contribution in [2.45, 2.75) is 20.0 Å². The van der Waals surface area contributed by atoms with Crippen molar-refractivity contribution < 1.29 is 5.11 Å². The molecule has 0 aliphatic rings. The molecular formula is C19H17BrO. The third-order valence-corrected chi connectivity index (χ3v) is 4.86. The van der Waals surface area contributed by atoms with Crippen LogP contribution in [0.25, 0.3) is 10.8 Å². The fourth-order valence-corrected chi connectivity index (χ4v) is 2.98. The van der Waals surface area contributed by atoms with Crippen LogP contribution in [0, 0.1) is 13.8 Å². The number of hydrogen-bond acceptors (Lipinski definition) is 1. The molecule has 21 heavy (non-hydrogen) atoms. The minimum atomic E-state index is -0.609. The summed E-state index contributed by atoms with van der Waals surface area (Å²) in [5.74, 6) is 0. The fourth-order valence-electron chi connectivity index (χ4n) is 2.73. The second-order valence-corrected chi connectivity index (χ2v) is 6.28. The van der Waals surface area contributed by atoms with E-state index in [0.29, 0.717) is 0 Å². The number of aliphatic hydroxyl groups excluding tert-OH is 1. The van der Waals surface area contributed by atoms with Crippen LogP contribution in [-0.2, 0) is 0 Å². The molecule has 1 unspecified atom stereocenters. The van der Waals surface area contributed by atoms with Gasteiger partial charge >= 0.3 is 0 Å². The Morgan fingerprint density at radius 3 is 2.29 bits per heavy atom. The molecule has 0 heterocycles. The molecule has 0 fully saturated rings. The first-order chi connectivity index (χ1) is 10.1. The predicted molar refractivity (Wildman–Crippen MR) is 91.6 cm³/mol. The maximum atomic E-state index is 10.8. The van der Waals surface area contributed by atoms with Crippen LogP contribution in [-0.4, -0.2) is 5.11 Å². The predicted octanol–water partition coefficient (Wildman–Crippen LogP) is 5.30. The van der Waals surface area contributed by atoms with E-state index < -0.39 is 6.10 Å². The second kappa shape index (κ2) is 5.63. The minimum absolute atomic E-state index is 0.609. The first-order valence-electron chi connectivity index (χ1n) is 7.00. The average Bonchev–Trinajstić information content (AvgIpc) is 2.50. The highest BCUT2D eigenvalue weighted by molar-refractivity contribution is 9.10. The smallest absolute Gasteiger partial charge is 0.105 e. The number of aliphatic hydroxyl groups is 1. The third-order valence-electron chi connectivity index (χ3n) is 3.97. The van der Waals surface area contributed by atoms with Crippen molar-refractivity contribution in [2.24, 2.45) is 0 Å². The van der Waals surface area contributed by atoms with Crippen molar-refractivity contribution in [1.29, 1.82) is 0 Å². The van der Waals surface area contributed by atoms with Crippen LogP contribution in [0.3, 0.4) is 0 Å². The van der Waals surface area contributed by atoms with Crippen molar-refractivity contribution in [3.8, 4) is 0 Å². The van der Waals surface area contributed by atoms with Gasteiger partial charge in [0, 0.05) is 4.47 Å². The van der Waals surface area contributed by atoms with Crippen LogP contribution >= 0.6 is 15.9 Å². The lowest BCUT2D eigenvalue weighted by atomic mass is 9.93. The van der Waals surface area contributed by atoms with E-state index in [9.17, 15) is 5.11 Å². The number of fused-ring (bicyclic) bond motifs is 1. The normalized spacial score (nSPS) is 12.6. The molecule has 0 amide bonds. The monoisotopic (exact) mass is 340 g/mol. The van der Waals surface area contributed by atoms with Gasteiger partial charge in [-0.3, -0.25) is 0 Å². The largest absolute Gasteiger partial charge is 0.384 e. The maximum Gasteiger partial charge on any atom is 0.105 e. The number of hydrogen-bond donors (Lipinski definition) is 1. The summed E-state index contributed by atoms with van der Waals surface area (Å²) in [5.41, 5.74) is 4.24. The van der Waals surface area contributed by atoms with Crippen molar-refractivity contribution >= 4 is 26.7 Å². The van der Waals surface area contributed by atoms with Crippen LogP contribution in [0.4, 0.5) is 0 Å². The van der Waals surface area contributed by atoms with Gasteiger partial charge in [0.1, 0.15) is 6.10 Å². The van der Waals surface area contributed by atoms with Crippen molar-refractivity contribution in [1.82, 2.24) is 0 Å². The van der Waals surface area contributed by atoms with Gasteiger partial charge in [-0.05, 0) is 52.9 Å². The molecular weight excluding hydrogens is 324 g/mol. The van der Waals surface area contributed by atoms with E-state index in [1.807, 2.05) is 43.3 Å². The van der Waals surface area contributed by atoms with E-state index in [-0.39, 0.29) is 0 Å². The van der Waals surface area contributed by atoms with Gasteiger partial charge in [0.2, 0.25) is 0 Å². The van der Waals surface area contributed by atoms with Gasteiger partial charge in [-0.2, -0.15) is 0 Å². The van der Waals surface area contributed by atoms with Gasteiger partial charge in [0.25, 0.3) is 0 Å². The van der Waals surface area contributed by atoms with E-state index in [4.69, 9.17) is 0 Å². The quantitative estimate of drug-likeness (QED) is 0.670. The molecule has 1 nitrogen and oxygen atoms in total. The highest BCUT2D eigenvalue weighted by atomic mass is 79.9. The summed E-state index contributed by atoms with van der Waals surface area (Å²) < 4.78 is 1.06. The summed E-state index contributed by atoms with van der Waals surface area (Å²) in [7, 11) is 0. The maximum absolute atomic E-state index is 10.8. The molecule has 0 radical (unpaired) electrons. The Bertz CT molecular complexity index is 808. The zero-order valence-corrected chi connectivity index (χ0v) is 13.7. The molecule has 0 aliphatic carbocycles. The molecule has 3 aromatic carbocycles. The Balaban J connectivity index is 2.15. The van der Waals surface area contributed by atoms with Gasteiger partial charge in [-0.1, -0.05) is 64.5 Å². The first kappa shape index (κ1) is 14.3. The summed E-state index contributed by atoms with van der Waals surface area (Å²) in [4.78, 5) is 0. The summed E-state index contributed by atoms with van der Waals surface area (Å²) in [6.45, 7) is 4.13. The van der Waals surface area contributed by atoms with E-state index >= 15 is 0 Å². The molecule has 0 bridgehead atoms. The van der Waals surface area contributed by atoms with Gasteiger partial charge in [-0.25, -0.2) is 0 Å². The first-order valence-corrected chi connectivity index (χ1v) is 7.79. The number of halogens is 1. The second-order valence-electron chi connectivity index (χ2n) is 5.43. The Hall–Kier alpha value is -1.64. The van der Waals surface area contributed by atoms with Gasteiger partial charge < -0.3 is 5.11 Å². The molecule has 0 saturated carbocycles. The Labute approximate surface area is 133 Å². The van der Waals surface area contributed by atoms with Gasteiger partial charge in [0.05, 0.1) is 0 Å². The topological polar surface area (TPSA) is 20.2 Å². The van der Waals surface area contributed by atoms with Crippen LogP contribution in [0.2, 0.25) is 0 Å². The SMILES string of the molecule is Cc1cc(C(O)c2ccc(C)c3ccccc23)ccc1Br. The van der Waals surface area contributed by atoms with E-state index in [2.05, 4.69) is 41.1 Å². The summed E-state index contributed by atoms with van der Waals surface area (Å²) in [6, 6.07) is 18.3. The molecule has 1 atom stereocenters. The van der Waals surface area contributed by atoms with Crippen molar-refractivity contribution in [2.75, 3.05) is 0 Å². The summed E-state index contributed by atoms with van der Waals surface area (Å²) >= 11 is 3.50. The lowest BCUT2D eigenvalue weighted by molar-refractivity contribution is 0.222. The summed E-state index contributed by atoms with van der Waals surface area (Å²) in [6.07, 6.45) is -0.609. The third kappa shape index (κ3) is 2.61. The lowest BCUT2D eigenvalue weighted by Crippen LogP contribution is -2.01. The molecule has 0 aliphatic heterocycles. The lowest BCUT2D eigenvalue weighted by Gasteiger charge is -2.16. The Morgan fingerprint density at radius 2 is 1.57 bits per heavy atom. The van der Waals surface area contributed by atoms with Gasteiger partial charge in [-0.15, -0.1) is 0 Å². The van der Waals surface area contributed by atoms with Crippen LogP contribution < -0.4 is 0 Å².